The van der Waals surface area contributed by atoms with Gasteiger partial charge >= 0.3 is 0 Å². The van der Waals surface area contributed by atoms with Crippen molar-refractivity contribution >= 4 is 23.1 Å². The number of thiophene rings is 1. The minimum atomic E-state index is 0.408. The number of rotatable bonds is 4. The third-order valence-corrected chi connectivity index (χ3v) is 6.20. The fourth-order valence-corrected chi connectivity index (χ4v) is 4.61. The molecule has 21 heavy (non-hydrogen) atoms. The molecule has 2 aromatic heterocycles. The summed E-state index contributed by atoms with van der Waals surface area (Å²) in [6.45, 7) is 2.28. The van der Waals surface area contributed by atoms with Crippen LogP contribution in [0.25, 0.3) is 10.7 Å². The maximum Gasteiger partial charge on any atom is 0.192 e. The maximum atomic E-state index is 8.67. The summed E-state index contributed by atoms with van der Waals surface area (Å²) in [5.41, 5.74) is 1.50. The molecule has 0 aromatic carbocycles. The highest BCUT2D eigenvalue weighted by Crippen LogP contribution is 2.37. The maximum absolute atomic E-state index is 8.67. The molecule has 1 unspecified atom stereocenters. The van der Waals surface area contributed by atoms with Crippen LogP contribution in [0.2, 0.25) is 0 Å². The van der Waals surface area contributed by atoms with E-state index >= 15 is 0 Å². The molecule has 0 fully saturated rings. The van der Waals surface area contributed by atoms with E-state index in [-0.39, 0.29) is 0 Å². The van der Waals surface area contributed by atoms with E-state index in [2.05, 4.69) is 29.3 Å². The van der Waals surface area contributed by atoms with Crippen molar-refractivity contribution < 1.29 is 0 Å². The first-order chi connectivity index (χ1) is 10.2. The Balaban J connectivity index is 1.87. The van der Waals surface area contributed by atoms with E-state index in [1.54, 1.807) is 0 Å². The molecule has 0 aliphatic heterocycles. The molecular formula is C15H18N4S2. The number of thioether (sulfide) groups is 1. The van der Waals surface area contributed by atoms with E-state index in [0.717, 1.165) is 16.9 Å². The van der Waals surface area contributed by atoms with Crippen LogP contribution < -0.4 is 0 Å². The van der Waals surface area contributed by atoms with Crippen LogP contribution >= 0.6 is 23.1 Å². The van der Waals surface area contributed by atoms with Gasteiger partial charge in [0.05, 0.1) is 16.7 Å². The minimum Gasteiger partial charge on any atom is -0.304 e. The Bertz CT molecular complexity index is 680. The lowest BCUT2D eigenvalue weighted by Crippen LogP contribution is -2.10. The molecule has 1 atom stereocenters. The molecule has 0 N–H and O–H groups in total. The Hall–Kier alpha value is -1.32. The van der Waals surface area contributed by atoms with Gasteiger partial charge in [0, 0.05) is 11.9 Å². The fourth-order valence-electron chi connectivity index (χ4n) is 2.81. The van der Waals surface area contributed by atoms with E-state index in [0.29, 0.717) is 5.75 Å². The largest absolute Gasteiger partial charge is 0.304 e. The average Bonchev–Trinajstić information content (AvgIpc) is 3.07. The predicted octanol–water partition coefficient (Wildman–Crippen LogP) is 3.67. The molecule has 0 spiro atoms. The van der Waals surface area contributed by atoms with Crippen LogP contribution in [-0.2, 0) is 19.9 Å². The van der Waals surface area contributed by atoms with Crippen molar-refractivity contribution in [1.29, 1.82) is 5.26 Å². The number of nitriles is 1. The number of hydrogen-bond acceptors (Lipinski definition) is 5. The molecule has 0 radical (unpaired) electrons. The number of hydrogen-bond donors (Lipinski definition) is 0. The van der Waals surface area contributed by atoms with Gasteiger partial charge in [0.1, 0.15) is 0 Å². The zero-order valence-electron chi connectivity index (χ0n) is 12.3. The van der Waals surface area contributed by atoms with Crippen LogP contribution in [0, 0.1) is 17.2 Å². The van der Waals surface area contributed by atoms with Gasteiger partial charge in [-0.15, -0.1) is 21.5 Å². The standard InChI is InChI=1S/C15H18N4S2/c1-3-10-4-5-12-11(8-10)9-13(21-12)14-17-18-15(19(14)2)20-7-6-16/h9-10H,3-5,7-8H2,1-2H3. The highest BCUT2D eigenvalue weighted by atomic mass is 32.2. The van der Waals surface area contributed by atoms with E-state index < -0.39 is 0 Å². The second-order valence-electron chi connectivity index (χ2n) is 5.39. The Morgan fingerprint density at radius 1 is 1.52 bits per heavy atom. The summed E-state index contributed by atoms with van der Waals surface area (Å²) >= 11 is 3.29. The molecule has 4 nitrogen and oxygen atoms in total. The Kier molecular flexibility index (Phi) is 4.32. The Morgan fingerprint density at radius 3 is 3.14 bits per heavy atom. The highest BCUT2D eigenvalue weighted by Gasteiger charge is 2.22. The first kappa shape index (κ1) is 14.6. The number of fused-ring (bicyclic) bond motifs is 1. The van der Waals surface area contributed by atoms with E-state index in [1.165, 1.54) is 52.8 Å². The SMILES string of the molecule is CCC1CCc2sc(-c3nnc(SCC#N)n3C)cc2C1. The van der Waals surface area contributed by atoms with E-state index in [1.807, 2.05) is 23.0 Å². The lowest BCUT2D eigenvalue weighted by molar-refractivity contribution is 0.449. The number of nitrogens with zero attached hydrogens (tertiary/aromatic N) is 4. The van der Waals surface area contributed by atoms with Crippen LogP contribution in [0.4, 0.5) is 0 Å². The third kappa shape index (κ3) is 2.85. The van der Waals surface area contributed by atoms with Crippen molar-refractivity contribution in [3.63, 3.8) is 0 Å². The molecular weight excluding hydrogens is 300 g/mol. The van der Waals surface area contributed by atoms with Crippen LogP contribution in [0.5, 0.6) is 0 Å². The van der Waals surface area contributed by atoms with Crippen molar-refractivity contribution in [3.05, 3.63) is 16.5 Å². The number of aromatic nitrogens is 3. The molecule has 6 heteroatoms. The molecule has 2 heterocycles. The normalized spacial score (nSPS) is 17.5. The second kappa shape index (κ2) is 6.20. The topological polar surface area (TPSA) is 54.5 Å². The van der Waals surface area contributed by atoms with Crippen molar-refractivity contribution in [2.75, 3.05) is 5.75 Å². The summed E-state index contributed by atoms with van der Waals surface area (Å²) in [6, 6.07) is 4.42. The summed E-state index contributed by atoms with van der Waals surface area (Å²) in [4.78, 5) is 2.72. The summed E-state index contributed by atoms with van der Waals surface area (Å²) in [5, 5.41) is 18.0. The average molecular weight is 318 g/mol. The van der Waals surface area contributed by atoms with Crippen molar-refractivity contribution in [2.24, 2.45) is 13.0 Å². The van der Waals surface area contributed by atoms with Gasteiger partial charge in [0.2, 0.25) is 0 Å². The summed E-state index contributed by atoms with van der Waals surface area (Å²) in [5.74, 6) is 2.16. The lowest BCUT2D eigenvalue weighted by atomic mass is 9.87. The highest BCUT2D eigenvalue weighted by molar-refractivity contribution is 7.99. The van der Waals surface area contributed by atoms with Crippen molar-refractivity contribution in [1.82, 2.24) is 14.8 Å². The third-order valence-electron chi connectivity index (χ3n) is 4.08. The van der Waals surface area contributed by atoms with Crippen LogP contribution in [0.1, 0.15) is 30.2 Å². The van der Waals surface area contributed by atoms with Gasteiger partial charge in [0.25, 0.3) is 0 Å². The molecule has 0 saturated carbocycles. The summed E-state index contributed by atoms with van der Waals surface area (Å²) < 4.78 is 2.00. The smallest absolute Gasteiger partial charge is 0.192 e. The minimum absolute atomic E-state index is 0.408. The monoisotopic (exact) mass is 318 g/mol. The van der Waals surface area contributed by atoms with Crippen molar-refractivity contribution in [2.45, 2.75) is 37.8 Å². The predicted molar refractivity (Wildman–Crippen MR) is 86.5 cm³/mol. The molecule has 0 amide bonds. The van der Waals surface area contributed by atoms with Gasteiger partial charge in [-0.3, -0.25) is 0 Å². The van der Waals surface area contributed by atoms with Gasteiger partial charge < -0.3 is 4.57 Å². The summed E-state index contributed by atoms with van der Waals surface area (Å²) in [7, 11) is 1.97. The molecule has 0 saturated heterocycles. The molecule has 1 aliphatic rings. The van der Waals surface area contributed by atoms with E-state index in [9.17, 15) is 0 Å². The van der Waals surface area contributed by atoms with Crippen LogP contribution in [0.3, 0.4) is 0 Å². The van der Waals surface area contributed by atoms with Gasteiger partial charge in [-0.2, -0.15) is 5.26 Å². The van der Waals surface area contributed by atoms with Crippen LogP contribution in [-0.4, -0.2) is 20.5 Å². The van der Waals surface area contributed by atoms with Gasteiger partial charge in [-0.25, -0.2) is 0 Å². The molecule has 110 valence electrons. The zero-order chi connectivity index (χ0) is 14.8. The first-order valence-corrected chi connectivity index (χ1v) is 9.04. The molecule has 0 bridgehead atoms. The quantitative estimate of drug-likeness (QED) is 0.807. The van der Waals surface area contributed by atoms with Crippen molar-refractivity contribution in [3.8, 4) is 16.8 Å². The van der Waals surface area contributed by atoms with Gasteiger partial charge in [-0.05, 0) is 36.8 Å². The van der Waals surface area contributed by atoms with E-state index in [4.69, 9.17) is 5.26 Å². The lowest BCUT2D eigenvalue weighted by Gasteiger charge is -2.19. The Labute approximate surface area is 133 Å². The molecule has 2 aromatic rings. The summed E-state index contributed by atoms with van der Waals surface area (Å²) in [6.07, 6.45) is 4.98. The number of aryl methyl sites for hydroxylation is 1. The second-order valence-corrected chi connectivity index (χ2v) is 7.47. The Morgan fingerprint density at radius 2 is 2.38 bits per heavy atom. The molecule has 1 aliphatic carbocycles. The molecule has 3 rings (SSSR count). The zero-order valence-corrected chi connectivity index (χ0v) is 13.9. The van der Waals surface area contributed by atoms with Gasteiger partial charge in [0.15, 0.2) is 11.0 Å². The first-order valence-electron chi connectivity index (χ1n) is 7.24. The van der Waals surface area contributed by atoms with Gasteiger partial charge in [-0.1, -0.05) is 25.1 Å². The fraction of sp³-hybridized carbons (Fsp3) is 0.533. The van der Waals surface area contributed by atoms with Crippen LogP contribution in [0.15, 0.2) is 11.2 Å².